The largest absolute Gasteiger partial charge is 0.481 e. The number of aliphatic hydroxyl groups excluding tert-OH is 1. The van der Waals surface area contributed by atoms with Crippen molar-refractivity contribution in [3.05, 3.63) is 0 Å². The maximum atomic E-state index is 13.4. The number of nitrogens with one attached hydrogen (secondary N) is 5. The molecule has 1 fully saturated rings. The lowest BCUT2D eigenvalue weighted by Gasteiger charge is -2.29. The predicted molar refractivity (Wildman–Crippen MR) is 179 cm³/mol. The van der Waals surface area contributed by atoms with Crippen molar-refractivity contribution in [1.82, 2.24) is 31.5 Å². The van der Waals surface area contributed by atoms with Gasteiger partial charge in [-0.3, -0.25) is 38.6 Å². The normalized spacial score (nSPS) is 16.7. The molecule has 51 heavy (non-hydrogen) atoms. The lowest BCUT2D eigenvalue weighted by molar-refractivity contribution is -0.145. The van der Waals surface area contributed by atoms with Crippen molar-refractivity contribution in [2.75, 3.05) is 32.8 Å². The first-order chi connectivity index (χ1) is 24.1. The number of nitrogens with two attached hydrogens (primary N) is 4. The number of aliphatic imine (C=N–C) groups is 1. The van der Waals surface area contributed by atoms with Crippen LogP contribution in [0.25, 0.3) is 0 Å². The number of carboxylic acid groups (broad SMARTS) is 2. The van der Waals surface area contributed by atoms with Gasteiger partial charge in [0.2, 0.25) is 35.4 Å². The van der Waals surface area contributed by atoms with Crippen molar-refractivity contribution in [3.63, 3.8) is 0 Å². The van der Waals surface area contributed by atoms with Crippen LogP contribution in [-0.4, -0.2) is 143 Å². The van der Waals surface area contributed by atoms with Gasteiger partial charge in [-0.1, -0.05) is 0 Å². The van der Waals surface area contributed by atoms with Crippen molar-refractivity contribution < 1.29 is 53.7 Å². The van der Waals surface area contributed by atoms with Gasteiger partial charge in [0.25, 0.3) is 0 Å². The summed E-state index contributed by atoms with van der Waals surface area (Å²) in [5.74, 6) is -8.24. The fourth-order valence-electron chi connectivity index (χ4n) is 5.06. The molecule has 0 saturated carbocycles. The molecule has 16 N–H and O–H groups in total. The van der Waals surface area contributed by atoms with E-state index < -0.39 is 103 Å². The van der Waals surface area contributed by atoms with Crippen molar-refractivity contribution in [2.45, 2.75) is 94.5 Å². The zero-order valence-corrected chi connectivity index (χ0v) is 28.5. The van der Waals surface area contributed by atoms with E-state index in [2.05, 4.69) is 31.6 Å². The lowest BCUT2D eigenvalue weighted by atomic mass is 10.1. The topological polar surface area (TPSA) is 377 Å². The molecule has 0 aromatic carbocycles. The quantitative estimate of drug-likeness (QED) is 0.0265. The van der Waals surface area contributed by atoms with Gasteiger partial charge in [0, 0.05) is 13.1 Å². The Morgan fingerprint density at radius 3 is 2.00 bits per heavy atom. The molecular formula is C29H51N11O11. The summed E-state index contributed by atoms with van der Waals surface area (Å²) in [5, 5.41) is 40.5. The fraction of sp³-hybridized carbons (Fsp3) is 0.690. The molecule has 1 saturated heterocycles. The molecule has 6 atom stereocenters. The molecule has 0 aromatic heterocycles. The van der Waals surface area contributed by atoms with Crippen LogP contribution in [-0.2, 0) is 38.4 Å². The van der Waals surface area contributed by atoms with Gasteiger partial charge in [0.1, 0.15) is 36.3 Å². The van der Waals surface area contributed by atoms with Crippen molar-refractivity contribution >= 4 is 53.3 Å². The minimum Gasteiger partial charge on any atom is -0.481 e. The van der Waals surface area contributed by atoms with E-state index in [4.69, 9.17) is 22.9 Å². The Kier molecular flexibility index (Phi) is 19.5. The Morgan fingerprint density at radius 1 is 0.804 bits per heavy atom. The first-order valence-corrected chi connectivity index (χ1v) is 16.4. The van der Waals surface area contributed by atoms with E-state index in [0.717, 1.165) is 4.90 Å². The number of aliphatic hydroxyl groups is 1. The second kappa shape index (κ2) is 22.6. The molecule has 288 valence electrons. The maximum absolute atomic E-state index is 13.4. The molecule has 6 amide bonds. The summed E-state index contributed by atoms with van der Waals surface area (Å²) in [6, 6.07) is -8.30. The maximum Gasteiger partial charge on any atom is 0.326 e. The van der Waals surface area contributed by atoms with Gasteiger partial charge in [0.15, 0.2) is 5.96 Å². The second-order valence-corrected chi connectivity index (χ2v) is 11.8. The molecule has 0 bridgehead atoms. The Hall–Kier alpha value is -5.09. The highest BCUT2D eigenvalue weighted by Gasteiger charge is 2.39. The van der Waals surface area contributed by atoms with E-state index >= 15 is 0 Å². The smallest absolute Gasteiger partial charge is 0.326 e. The number of amides is 6. The first-order valence-electron chi connectivity index (χ1n) is 16.4. The number of nitrogens with zero attached hydrogens (tertiary/aromatic N) is 2. The summed E-state index contributed by atoms with van der Waals surface area (Å²) in [5.41, 5.74) is 21.3. The summed E-state index contributed by atoms with van der Waals surface area (Å²) < 4.78 is 0. The number of rotatable bonds is 23. The molecule has 1 rings (SSSR count). The van der Waals surface area contributed by atoms with Crippen LogP contribution in [0.4, 0.5) is 0 Å². The number of likely N-dealkylation sites (tertiary alicyclic amines) is 1. The van der Waals surface area contributed by atoms with Gasteiger partial charge in [-0.2, -0.15) is 0 Å². The standard InChI is InChI=1S/C29H51N11O11/c1-15(35-24(46)16(36-21(42)13-31)7-4-10-34-29(32)33)23(45)38-18(12-22(43)44)25(47)39-19(14-41)27(49)40-11-5-8-20(40)26(48)37-17(28(50)51)6-2-3-9-30/h15-20,41H,2-14,30-31H2,1H3,(H,35,46)(H,36,42)(H,37,48)(H,38,45)(H,39,47)(H,43,44)(H,50,51)(H4,32,33,34)/t15-,16-,17+,18+,19+,20-/m0/s1. The van der Waals surface area contributed by atoms with E-state index in [1.54, 1.807) is 0 Å². The van der Waals surface area contributed by atoms with Crippen LogP contribution in [0.3, 0.4) is 0 Å². The van der Waals surface area contributed by atoms with Gasteiger partial charge in [0.05, 0.1) is 19.6 Å². The number of hydrogen-bond donors (Lipinski definition) is 12. The minimum atomic E-state index is -1.79. The lowest BCUT2D eigenvalue weighted by Crippen LogP contribution is -2.60. The highest BCUT2D eigenvalue weighted by atomic mass is 16.4. The third kappa shape index (κ3) is 15.6. The summed E-state index contributed by atoms with van der Waals surface area (Å²) in [6.07, 6.45) is 0.974. The molecule has 0 radical (unpaired) electrons. The third-order valence-electron chi connectivity index (χ3n) is 7.74. The minimum absolute atomic E-state index is 0.0434. The highest BCUT2D eigenvalue weighted by molar-refractivity contribution is 5.98. The van der Waals surface area contributed by atoms with Crippen LogP contribution in [0.1, 0.15) is 58.3 Å². The number of guanidine groups is 1. The second-order valence-electron chi connectivity index (χ2n) is 11.8. The van der Waals surface area contributed by atoms with E-state index in [9.17, 15) is 53.7 Å². The van der Waals surface area contributed by atoms with Gasteiger partial charge >= 0.3 is 11.9 Å². The Bertz CT molecular complexity index is 1280. The average Bonchev–Trinajstić information content (AvgIpc) is 3.57. The average molecular weight is 730 g/mol. The third-order valence-corrected chi connectivity index (χ3v) is 7.74. The molecule has 1 aliphatic heterocycles. The number of carbonyl (C=O) groups is 8. The SMILES string of the molecule is C[C@H](NC(=O)[C@H](CCCN=C(N)N)NC(=O)CN)C(=O)N[C@H](CC(=O)O)C(=O)N[C@H](CO)C(=O)N1CCC[C@H]1C(=O)N[C@H](CCCCN)C(=O)O. The predicted octanol–water partition coefficient (Wildman–Crippen LogP) is -5.89. The zero-order chi connectivity index (χ0) is 38.7. The number of carboxylic acids is 2. The fourth-order valence-corrected chi connectivity index (χ4v) is 5.06. The summed E-state index contributed by atoms with van der Waals surface area (Å²) in [6.45, 7) is 0.357. The van der Waals surface area contributed by atoms with Crippen molar-refractivity contribution in [1.29, 1.82) is 0 Å². The van der Waals surface area contributed by atoms with Crippen LogP contribution < -0.4 is 49.5 Å². The molecule has 22 nitrogen and oxygen atoms in total. The van der Waals surface area contributed by atoms with E-state index in [0.29, 0.717) is 25.8 Å². The zero-order valence-electron chi connectivity index (χ0n) is 28.5. The number of unbranched alkanes of at least 4 members (excludes halogenated alkanes) is 1. The van der Waals surface area contributed by atoms with Crippen molar-refractivity contribution in [2.24, 2.45) is 27.9 Å². The summed E-state index contributed by atoms with van der Waals surface area (Å²) in [7, 11) is 0. The summed E-state index contributed by atoms with van der Waals surface area (Å²) >= 11 is 0. The molecule has 0 spiro atoms. The van der Waals surface area contributed by atoms with E-state index in [-0.39, 0.29) is 44.7 Å². The van der Waals surface area contributed by atoms with Gasteiger partial charge < -0.3 is 69.7 Å². The monoisotopic (exact) mass is 729 g/mol. The molecule has 22 heteroatoms. The Balaban J connectivity index is 2.99. The highest BCUT2D eigenvalue weighted by Crippen LogP contribution is 2.19. The first kappa shape index (κ1) is 43.9. The van der Waals surface area contributed by atoms with Crippen LogP contribution in [0.15, 0.2) is 4.99 Å². The summed E-state index contributed by atoms with van der Waals surface area (Å²) in [4.78, 5) is 105. The van der Waals surface area contributed by atoms with Crippen LogP contribution in [0.5, 0.6) is 0 Å². The van der Waals surface area contributed by atoms with Crippen LogP contribution >= 0.6 is 0 Å². The van der Waals surface area contributed by atoms with E-state index in [1.807, 2.05) is 0 Å². The van der Waals surface area contributed by atoms with Crippen molar-refractivity contribution in [3.8, 4) is 0 Å². The Morgan fingerprint density at radius 2 is 1.43 bits per heavy atom. The van der Waals surface area contributed by atoms with Gasteiger partial charge in [-0.25, -0.2) is 4.79 Å². The number of aliphatic carboxylic acids is 2. The molecule has 0 aliphatic carbocycles. The molecule has 1 heterocycles. The van der Waals surface area contributed by atoms with Crippen LogP contribution in [0.2, 0.25) is 0 Å². The number of carbonyl (C=O) groups excluding carboxylic acids is 6. The number of hydrogen-bond acceptors (Lipinski definition) is 12. The molecule has 0 unspecified atom stereocenters. The Labute approximate surface area is 293 Å². The molecule has 1 aliphatic rings. The molecule has 0 aromatic rings. The van der Waals surface area contributed by atoms with Gasteiger partial charge in [-0.05, 0) is 58.4 Å². The van der Waals surface area contributed by atoms with Gasteiger partial charge in [-0.15, -0.1) is 0 Å². The van der Waals surface area contributed by atoms with Crippen LogP contribution in [0, 0.1) is 0 Å². The molecular weight excluding hydrogens is 678 g/mol. The van der Waals surface area contributed by atoms with E-state index in [1.165, 1.54) is 6.92 Å².